The van der Waals surface area contributed by atoms with Crippen molar-refractivity contribution in [3.63, 3.8) is 0 Å². The lowest BCUT2D eigenvalue weighted by Crippen LogP contribution is -2.36. The number of methoxy groups -OCH3 is 1. The van der Waals surface area contributed by atoms with Gasteiger partial charge in [0, 0.05) is 13.1 Å². The van der Waals surface area contributed by atoms with Crippen LogP contribution in [0.5, 0.6) is 5.75 Å². The molecule has 0 unspecified atom stereocenters. The molecule has 1 aromatic rings. The Hall–Kier alpha value is -0.580. The fraction of sp³-hybridized carbons (Fsp3) is 0.571. The van der Waals surface area contributed by atoms with Crippen molar-refractivity contribution in [3.05, 3.63) is 28.2 Å². The fourth-order valence-corrected chi connectivity index (χ4v) is 2.79. The topological polar surface area (TPSA) is 21.7 Å². The number of benzene rings is 1. The number of rotatable bonds is 5. The number of halogens is 1. The molecule has 1 saturated heterocycles. The summed E-state index contributed by atoms with van der Waals surface area (Å²) in [4.78, 5) is 2.47. The van der Waals surface area contributed by atoms with Crippen LogP contribution in [0.15, 0.2) is 22.7 Å². The van der Waals surface area contributed by atoms with Crippen LogP contribution in [-0.2, 0) is 11.2 Å². The first-order chi connectivity index (χ1) is 8.79. The van der Waals surface area contributed by atoms with Crippen LogP contribution in [0.25, 0.3) is 0 Å². The van der Waals surface area contributed by atoms with E-state index in [0.717, 1.165) is 49.5 Å². The fourth-order valence-electron chi connectivity index (χ4n) is 2.20. The third-order valence-corrected chi connectivity index (χ3v) is 3.88. The van der Waals surface area contributed by atoms with Gasteiger partial charge in [0.1, 0.15) is 5.75 Å². The molecule has 0 bridgehead atoms. The predicted octanol–water partition coefficient (Wildman–Crippen LogP) is 2.72. The van der Waals surface area contributed by atoms with E-state index in [9.17, 15) is 0 Å². The van der Waals surface area contributed by atoms with Crippen molar-refractivity contribution in [1.29, 1.82) is 0 Å². The standard InChI is InChI=1S/C14H20BrNO2/c1-17-14-5-4-12(11-13(14)15)3-2-6-16-7-9-18-10-8-16/h4-5,11H,2-3,6-10H2,1H3. The van der Waals surface area contributed by atoms with E-state index >= 15 is 0 Å². The third-order valence-electron chi connectivity index (χ3n) is 3.26. The highest BCUT2D eigenvalue weighted by Gasteiger charge is 2.09. The second-order valence-corrected chi connectivity index (χ2v) is 5.38. The van der Waals surface area contributed by atoms with Crippen molar-refractivity contribution in [2.45, 2.75) is 12.8 Å². The number of nitrogens with zero attached hydrogens (tertiary/aromatic N) is 1. The van der Waals surface area contributed by atoms with E-state index in [1.54, 1.807) is 7.11 Å². The minimum atomic E-state index is 0.883. The van der Waals surface area contributed by atoms with Crippen LogP contribution in [0.1, 0.15) is 12.0 Å². The molecule has 0 atom stereocenters. The Kier molecular flexibility index (Phi) is 5.47. The van der Waals surface area contributed by atoms with Gasteiger partial charge >= 0.3 is 0 Å². The highest BCUT2D eigenvalue weighted by Crippen LogP contribution is 2.25. The van der Waals surface area contributed by atoms with Gasteiger partial charge in [-0.05, 0) is 53.0 Å². The first-order valence-electron chi connectivity index (χ1n) is 6.42. The summed E-state index contributed by atoms with van der Waals surface area (Å²) in [6.07, 6.45) is 2.30. The Morgan fingerprint density at radius 2 is 2.11 bits per heavy atom. The van der Waals surface area contributed by atoms with Gasteiger partial charge in [-0.2, -0.15) is 0 Å². The Morgan fingerprint density at radius 1 is 1.33 bits per heavy atom. The maximum Gasteiger partial charge on any atom is 0.133 e. The molecule has 4 heteroatoms. The van der Waals surface area contributed by atoms with E-state index in [1.165, 1.54) is 12.0 Å². The lowest BCUT2D eigenvalue weighted by Gasteiger charge is -2.26. The molecule has 18 heavy (non-hydrogen) atoms. The molecule has 0 radical (unpaired) electrons. The summed E-state index contributed by atoms with van der Waals surface area (Å²) in [5.41, 5.74) is 1.36. The quantitative estimate of drug-likeness (QED) is 0.834. The van der Waals surface area contributed by atoms with E-state index < -0.39 is 0 Å². The van der Waals surface area contributed by atoms with Crippen LogP contribution in [0, 0.1) is 0 Å². The summed E-state index contributed by atoms with van der Waals surface area (Å²) >= 11 is 3.52. The zero-order chi connectivity index (χ0) is 12.8. The monoisotopic (exact) mass is 313 g/mol. The normalized spacial score (nSPS) is 16.8. The predicted molar refractivity (Wildman–Crippen MR) is 76.3 cm³/mol. The smallest absolute Gasteiger partial charge is 0.133 e. The zero-order valence-corrected chi connectivity index (χ0v) is 12.4. The molecule has 0 saturated carbocycles. The van der Waals surface area contributed by atoms with Crippen LogP contribution in [0.4, 0.5) is 0 Å². The number of aryl methyl sites for hydroxylation is 1. The summed E-state index contributed by atoms with van der Waals surface area (Å²) in [5.74, 6) is 0.895. The van der Waals surface area contributed by atoms with Crippen LogP contribution < -0.4 is 4.74 Å². The SMILES string of the molecule is COc1ccc(CCCN2CCOCC2)cc1Br. The Labute approximate surface area is 117 Å². The largest absolute Gasteiger partial charge is 0.496 e. The van der Waals surface area contributed by atoms with Crippen LogP contribution in [-0.4, -0.2) is 44.9 Å². The molecule has 100 valence electrons. The van der Waals surface area contributed by atoms with Gasteiger partial charge in [0.05, 0.1) is 24.8 Å². The van der Waals surface area contributed by atoms with Gasteiger partial charge in [-0.1, -0.05) is 6.07 Å². The molecule has 3 nitrogen and oxygen atoms in total. The van der Waals surface area contributed by atoms with Crippen molar-refractivity contribution >= 4 is 15.9 Å². The number of morpholine rings is 1. The van der Waals surface area contributed by atoms with Crippen molar-refractivity contribution in [3.8, 4) is 5.75 Å². The number of ether oxygens (including phenoxy) is 2. The molecular formula is C14H20BrNO2. The Morgan fingerprint density at radius 3 is 2.78 bits per heavy atom. The zero-order valence-electron chi connectivity index (χ0n) is 10.8. The van der Waals surface area contributed by atoms with Gasteiger partial charge in [0.2, 0.25) is 0 Å². The van der Waals surface area contributed by atoms with Gasteiger partial charge in [0.15, 0.2) is 0 Å². The highest BCUT2D eigenvalue weighted by atomic mass is 79.9. The first kappa shape index (κ1) is 13.8. The minimum Gasteiger partial charge on any atom is -0.496 e. The second-order valence-electron chi connectivity index (χ2n) is 4.53. The highest BCUT2D eigenvalue weighted by molar-refractivity contribution is 9.10. The second kappa shape index (κ2) is 7.12. The van der Waals surface area contributed by atoms with E-state index in [-0.39, 0.29) is 0 Å². The summed E-state index contributed by atoms with van der Waals surface area (Å²) in [6, 6.07) is 6.31. The molecule has 0 aromatic heterocycles. The van der Waals surface area contributed by atoms with Crippen LogP contribution in [0.2, 0.25) is 0 Å². The lowest BCUT2D eigenvalue weighted by molar-refractivity contribution is 0.0374. The maximum atomic E-state index is 5.34. The summed E-state index contributed by atoms with van der Waals surface area (Å²) in [7, 11) is 1.69. The van der Waals surface area contributed by atoms with Gasteiger partial charge in [-0.15, -0.1) is 0 Å². The Balaban J connectivity index is 1.77. The van der Waals surface area contributed by atoms with Crippen LogP contribution in [0.3, 0.4) is 0 Å². The number of hydrogen-bond donors (Lipinski definition) is 0. The summed E-state index contributed by atoms with van der Waals surface area (Å²) < 4.78 is 11.6. The molecule has 0 aliphatic carbocycles. The van der Waals surface area contributed by atoms with E-state index in [2.05, 4.69) is 33.0 Å². The molecule has 1 aromatic carbocycles. The molecule has 2 rings (SSSR count). The first-order valence-corrected chi connectivity index (χ1v) is 7.21. The van der Waals surface area contributed by atoms with Gasteiger partial charge in [0.25, 0.3) is 0 Å². The third kappa shape index (κ3) is 3.97. The van der Waals surface area contributed by atoms with Gasteiger partial charge in [-0.25, -0.2) is 0 Å². The minimum absolute atomic E-state index is 0.883. The molecular weight excluding hydrogens is 294 g/mol. The molecule has 1 heterocycles. The Bertz CT molecular complexity index is 378. The molecule has 0 spiro atoms. The van der Waals surface area contributed by atoms with Crippen molar-refractivity contribution in [1.82, 2.24) is 4.90 Å². The molecule has 0 N–H and O–H groups in total. The average Bonchev–Trinajstić information content (AvgIpc) is 2.40. The molecule has 1 fully saturated rings. The van der Waals surface area contributed by atoms with E-state index in [0.29, 0.717) is 0 Å². The maximum absolute atomic E-state index is 5.34. The van der Waals surface area contributed by atoms with E-state index in [1.807, 2.05) is 6.07 Å². The average molecular weight is 314 g/mol. The molecule has 1 aliphatic heterocycles. The summed E-state index contributed by atoms with van der Waals surface area (Å²) in [5, 5.41) is 0. The van der Waals surface area contributed by atoms with Gasteiger partial charge < -0.3 is 9.47 Å². The lowest BCUT2D eigenvalue weighted by atomic mass is 10.1. The van der Waals surface area contributed by atoms with Gasteiger partial charge in [-0.3, -0.25) is 4.90 Å². The summed E-state index contributed by atoms with van der Waals surface area (Å²) in [6.45, 7) is 5.08. The van der Waals surface area contributed by atoms with E-state index in [4.69, 9.17) is 9.47 Å². The van der Waals surface area contributed by atoms with Crippen molar-refractivity contribution in [2.75, 3.05) is 40.0 Å². The molecule has 1 aliphatic rings. The number of hydrogen-bond acceptors (Lipinski definition) is 3. The van der Waals surface area contributed by atoms with Crippen molar-refractivity contribution in [2.24, 2.45) is 0 Å². The molecule has 0 amide bonds. The van der Waals surface area contributed by atoms with Crippen LogP contribution >= 0.6 is 15.9 Å². The van der Waals surface area contributed by atoms with Crippen molar-refractivity contribution < 1.29 is 9.47 Å².